The maximum atomic E-state index is 12.9. The van der Waals surface area contributed by atoms with Crippen molar-refractivity contribution < 1.29 is 18.0 Å². The summed E-state index contributed by atoms with van der Waals surface area (Å²) in [5.74, 6) is -0.415. The van der Waals surface area contributed by atoms with Gasteiger partial charge >= 0.3 is 11.9 Å². The van der Waals surface area contributed by atoms with E-state index in [-0.39, 0.29) is 5.91 Å². The van der Waals surface area contributed by atoms with Gasteiger partial charge in [0.1, 0.15) is 0 Å². The summed E-state index contributed by atoms with van der Waals surface area (Å²) in [5, 5.41) is 3.50. The van der Waals surface area contributed by atoms with Crippen LogP contribution in [-0.2, 0) is 18.0 Å². The van der Waals surface area contributed by atoms with E-state index in [1.165, 1.54) is 25.7 Å². The van der Waals surface area contributed by atoms with Gasteiger partial charge in [0.25, 0.3) is 0 Å². The summed E-state index contributed by atoms with van der Waals surface area (Å²) in [4.78, 5) is 26.2. The molecular formula is C17H25F3N4O2. The van der Waals surface area contributed by atoms with Gasteiger partial charge in [-0.2, -0.15) is 13.2 Å². The number of halogens is 3. The fourth-order valence-electron chi connectivity index (χ4n) is 4.09. The number of likely N-dealkylation sites (tertiary alicyclic amines) is 1. The molecule has 1 saturated heterocycles. The van der Waals surface area contributed by atoms with Crippen LogP contribution in [0, 0.1) is 5.92 Å². The second kappa shape index (κ2) is 7.44. The van der Waals surface area contributed by atoms with Crippen LogP contribution in [0.25, 0.3) is 0 Å². The van der Waals surface area contributed by atoms with Gasteiger partial charge in [-0.25, -0.2) is 9.48 Å². The minimum absolute atomic E-state index is 0.111. The average Bonchev–Trinajstić information content (AvgIpc) is 3.22. The molecule has 1 amide bonds. The molecule has 0 aromatic carbocycles. The fourth-order valence-corrected chi connectivity index (χ4v) is 4.09. The van der Waals surface area contributed by atoms with Crippen molar-refractivity contribution in [1.29, 1.82) is 0 Å². The van der Waals surface area contributed by atoms with E-state index in [9.17, 15) is 22.8 Å². The first kappa shape index (κ1) is 19.0. The molecule has 0 unspecified atom stereocenters. The van der Waals surface area contributed by atoms with E-state index in [2.05, 4.69) is 5.10 Å². The van der Waals surface area contributed by atoms with Gasteiger partial charge in [-0.1, -0.05) is 25.7 Å². The van der Waals surface area contributed by atoms with Crippen LogP contribution >= 0.6 is 0 Å². The predicted molar refractivity (Wildman–Crippen MR) is 88.5 cm³/mol. The lowest BCUT2D eigenvalue weighted by Gasteiger charge is -2.32. The topological polar surface area (TPSA) is 60.1 Å². The zero-order valence-corrected chi connectivity index (χ0v) is 15.0. The summed E-state index contributed by atoms with van der Waals surface area (Å²) in [6.07, 6.45) is 2.62. The first-order valence-corrected chi connectivity index (χ1v) is 9.28. The quantitative estimate of drug-likeness (QED) is 0.814. The van der Waals surface area contributed by atoms with E-state index in [1.54, 1.807) is 4.90 Å². The molecular weight excluding hydrogens is 349 g/mol. The molecule has 6 nitrogen and oxygen atoms in total. The highest BCUT2D eigenvalue weighted by atomic mass is 19.4. The number of rotatable bonds is 4. The van der Waals surface area contributed by atoms with Crippen LogP contribution in [0.3, 0.4) is 0 Å². The monoisotopic (exact) mass is 374 g/mol. The summed E-state index contributed by atoms with van der Waals surface area (Å²) in [5.41, 5.74) is -0.761. The van der Waals surface area contributed by atoms with Crippen LogP contribution in [-0.4, -0.2) is 38.2 Å². The van der Waals surface area contributed by atoms with E-state index in [4.69, 9.17) is 0 Å². The highest BCUT2D eigenvalue weighted by Crippen LogP contribution is 2.30. The molecule has 0 radical (unpaired) electrons. The average molecular weight is 374 g/mol. The van der Waals surface area contributed by atoms with E-state index in [1.807, 2.05) is 0 Å². The van der Waals surface area contributed by atoms with Crippen molar-refractivity contribution in [3.8, 4) is 0 Å². The Morgan fingerprint density at radius 2 is 1.77 bits per heavy atom. The van der Waals surface area contributed by atoms with Gasteiger partial charge in [0.2, 0.25) is 11.7 Å². The summed E-state index contributed by atoms with van der Waals surface area (Å²) >= 11 is 0. The molecule has 2 aliphatic rings. The van der Waals surface area contributed by atoms with Gasteiger partial charge in [0.15, 0.2) is 0 Å². The van der Waals surface area contributed by atoms with Crippen molar-refractivity contribution in [3.05, 3.63) is 16.3 Å². The molecule has 0 N–H and O–H groups in total. The van der Waals surface area contributed by atoms with E-state index < -0.39 is 23.7 Å². The minimum Gasteiger partial charge on any atom is -0.343 e. The van der Waals surface area contributed by atoms with Gasteiger partial charge in [-0.15, -0.1) is 5.10 Å². The molecule has 0 atom stereocenters. The van der Waals surface area contributed by atoms with Crippen LogP contribution in [0.4, 0.5) is 13.2 Å². The Morgan fingerprint density at radius 3 is 2.31 bits per heavy atom. The number of hydrogen-bond donors (Lipinski definition) is 0. The molecule has 1 aromatic rings. The summed E-state index contributed by atoms with van der Waals surface area (Å²) < 4.78 is 40.2. The third-order valence-electron chi connectivity index (χ3n) is 5.66. The molecule has 146 valence electrons. The van der Waals surface area contributed by atoms with E-state index in [0.29, 0.717) is 42.8 Å². The van der Waals surface area contributed by atoms with Gasteiger partial charge in [-0.3, -0.25) is 9.36 Å². The third-order valence-corrected chi connectivity index (χ3v) is 5.66. The Balaban J connectivity index is 1.57. The molecule has 2 fully saturated rings. The second-order valence-corrected chi connectivity index (χ2v) is 7.41. The number of alkyl halides is 3. The molecule has 26 heavy (non-hydrogen) atoms. The van der Waals surface area contributed by atoms with Crippen molar-refractivity contribution >= 4 is 5.91 Å². The Kier molecular flexibility index (Phi) is 5.43. The van der Waals surface area contributed by atoms with E-state index >= 15 is 0 Å². The number of aromatic nitrogens is 3. The van der Waals surface area contributed by atoms with Crippen molar-refractivity contribution in [1.82, 2.24) is 19.2 Å². The molecule has 1 aliphatic carbocycles. The summed E-state index contributed by atoms with van der Waals surface area (Å²) in [6.45, 7) is 0.914. The zero-order valence-electron chi connectivity index (χ0n) is 15.0. The van der Waals surface area contributed by atoms with E-state index in [0.717, 1.165) is 18.2 Å². The molecule has 2 heterocycles. The molecule has 0 spiro atoms. The van der Waals surface area contributed by atoms with Crippen LogP contribution in [0.2, 0.25) is 0 Å². The lowest BCUT2D eigenvalue weighted by molar-refractivity contribution is -0.147. The zero-order chi connectivity index (χ0) is 18.9. The minimum atomic E-state index is -4.66. The van der Waals surface area contributed by atoms with Gasteiger partial charge in [-0.05, 0) is 25.2 Å². The summed E-state index contributed by atoms with van der Waals surface area (Å²) in [7, 11) is 1.08. The normalized spacial score (nSPS) is 20.1. The largest absolute Gasteiger partial charge is 0.451 e. The number of piperidine rings is 1. The maximum Gasteiger partial charge on any atom is 0.451 e. The lowest BCUT2D eigenvalue weighted by Crippen LogP contribution is -2.41. The van der Waals surface area contributed by atoms with Crippen molar-refractivity contribution in [2.75, 3.05) is 13.1 Å². The smallest absolute Gasteiger partial charge is 0.343 e. The van der Waals surface area contributed by atoms with Crippen LogP contribution < -0.4 is 5.69 Å². The number of carbonyl (C=O) groups excluding carboxylic acids is 1. The van der Waals surface area contributed by atoms with Crippen molar-refractivity contribution in [2.45, 2.75) is 63.6 Å². The Labute approximate surface area is 150 Å². The number of hydrogen-bond acceptors (Lipinski definition) is 3. The fraction of sp³-hybridized carbons (Fsp3) is 0.824. The third kappa shape index (κ3) is 3.96. The predicted octanol–water partition coefficient (Wildman–Crippen LogP) is 2.73. The van der Waals surface area contributed by atoms with Crippen LogP contribution in [0.15, 0.2) is 4.79 Å². The Morgan fingerprint density at radius 1 is 1.15 bits per heavy atom. The first-order chi connectivity index (χ1) is 12.3. The molecule has 0 bridgehead atoms. The van der Waals surface area contributed by atoms with Crippen molar-refractivity contribution in [3.63, 3.8) is 0 Å². The number of amides is 1. The lowest BCUT2D eigenvalue weighted by atomic mass is 10.00. The highest BCUT2D eigenvalue weighted by Gasteiger charge is 2.39. The molecule has 3 rings (SSSR count). The van der Waals surface area contributed by atoms with Gasteiger partial charge < -0.3 is 4.90 Å². The SMILES string of the molecule is Cn1c(C(F)(F)F)nn(C2CCN(C(=O)CCC3CCCC3)CC2)c1=O. The molecule has 1 aliphatic heterocycles. The van der Waals surface area contributed by atoms with Gasteiger partial charge in [0.05, 0.1) is 6.04 Å². The molecule has 1 aromatic heterocycles. The standard InChI is InChI=1S/C17H25F3N4O2/c1-22-15(17(18,19)20)21-24(16(22)26)13-8-10-23(11-9-13)14(25)7-6-12-4-2-3-5-12/h12-13H,2-11H2,1H3. The Hall–Kier alpha value is -1.80. The molecule has 1 saturated carbocycles. The van der Waals surface area contributed by atoms with Crippen LogP contribution in [0.1, 0.15) is 63.2 Å². The maximum absolute atomic E-state index is 12.9. The van der Waals surface area contributed by atoms with Crippen LogP contribution in [0.5, 0.6) is 0 Å². The second-order valence-electron chi connectivity index (χ2n) is 7.41. The number of nitrogens with zero attached hydrogens (tertiary/aromatic N) is 4. The first-order valence-electron chi connectivity index (χ1n) is 9.28. The van der Waals surface area contributed by atoms with Gasteiger partial charge in [0, 0.05) is 26.6 Å². The summed E-state index contributed by atoms with van der Waals surface area (Å²) in [6, 6.07) is -0.399. The number of carbonyl (C=O) groups is 1. The van der Waals surface area contributed by atoms with Crippen molar-refractivity contribution in [2.24, 2.45) is 13.0 Å². The Bertz CT molecular complexity index is 696. The highest BCUT2D eigenvalue weighted by molar-refractivity contribution is 5.76. The molecule has 9 heteroatoms.